The fraction of sp³-hybridized carbons (Fsp3) is 0.300. The number of amidine groups is 1. The van der Waals surface area contributed by atoms with Crippen molar-refractivity contribution >= 4 is 38.4 Å². The summed E-state index contributed by atoms with van der Waals surface area (Å²) in [5, 5.41) is 0.409. The molecule has 146 valence electrons. The molecule has 2 aromatic rings. The Morgan fingerprint density at radius 1 is 1.11 bits per heavy atom. The standard InChI is InChI=1S/C20H20N2O4S2/c1-14(26-16-10-6-3-7-11-16)19(23)21-20-22(15-8-4-2-5-9-15)17-12-28(24,25)13-18(17)27-20/h2-11,14,17-18H,12-13H2,1H3/t14-,17+,18-/m1/s1. The lowest BCUT2D eigenvalue weighted by atomic mass is 10.2. The van der Waals surface area contributed by atoms with Crippen LogP contribution in [-0.4, -0.2) is 48.4 Å². The van der Waals surface area contributed by atoms with E-state index in [1.807, 2.05) is 53.4 Å². The third-order valence-electron chi connectivity index (χ3n) is 4.71. The Morgan fingerprint density at radius 2 is 1.75 bits per heavy atom. The van der Waals surface area contributed by atoms with Crippen molar-refractivity contribution < 1.29 is 17.9 Å². The number of sulfone groups is 1. The number of anilines is 1. The molecule has 0 aromatic heterocycles. The summed E-state index contributed by atoms with van der Waals surface area (Å²) in [5.41, 5.74) is 0.836. The van der Waals surface area contributed by atoms with E-state index in [0.717, 1.165) is 5.69 Å². The van der Waals surface area contributed by atoms with Crippen LogP contribution in [0, 0.1) is 0 Å². The molecule has 2 fully saturated rings. The Morgan fingerprint density at radius 3 is 2.43 bits per heavy atom. The number of ether oxygens (including phenoxy) is 1. The molecular formula is C20H20N2O4S2. The van der Waals surface area contributed by atoms with Gasteiger partial charge < -0.3 is 9.64 Å². The van der Waals surface area contributed by atoms with Gasteiger partial charge in [-0.1, -0.05) is 48.2 Å². The smallest absolute Gasteiger partial charge is 0.288 e. The van der Waals surface area contributed by atoms with Crippen LogP contribution >= 0.6 is 11.8 Å². The number of benzene rings is 2. The van der Waals surface area contributed by atoms with Crippen molar-refractivity contribution in [3.63, 3.8) is 0 Å². The van der Waals surface area contributed by atoms with E-state index in [1.165, 1.54) is 11.8 Å². The van der Waals surface area contributed by atoms with Crippen LogP contribution in [0.1, 0.15) is 6.92 Å². The van der Waals surface area contributed by atoms with E-state index in [2.05, 4.69) is 4.99 Å². The molecule has 0 N–H and O–H groups in total. The zero-order valence-corrected chi connectivity index (χ0v) is 16.9. The summed E-state index contributed by atoms with van der Waals surface area (Å²) >= 11 is 1.36. The summed E-state index contributed by atoms with van der Waals surface area (Å²) in [5.74, 6) is 0.387. The third kappa shape index (κ3) is 3.93. The van der Waals surface area contributed by atoms with Crippen molar-refractivity contribution in [1.29, 1.82) is 0 Å². The highest BCUT2D eigenvalue weighted by Gasteiger charge is 2.49. The van der Waals surface area contributed by atoms with Gasteiger partial charge in [-0.3, -0.25) is 4.79 Å². The highest BCUT2D eigenvalue weighted by atomic mass is 32.2. The normalized spacial score (nSPS) is 25.5. The number of carbonyl (C=O) groups excluding carboxylic acids is 1. The number of amides is 1. The predicted octanol–water partition coefficient (Wildman–Crippen LogP) is 2.76. The molecule has 0 unspecified atom stereocenters. The fourth-order valence-electron chi connectivity index (χ4n) is 3.39. The van der Waals surface area contributed by atoms with Gasteiger partial charge in [0.2, 0.25) is 0 Å². The summed E-state index contributed by atoms with van der Waals surface area (Å²) in [7, 11) is -3.08. The molecule has 2 heterocycles. The Hall–Kier alpha value is -2.32. The van der Waals surface area contributed by atoms with Crippen LogP contribution in [0.15, 0.2) is 65.7 Å². The fourth-order valence-corrected chi connectivity index (χ4v) is 7.31. The van der Waals surface area contributed by atoms with Crippen LogP contribution in [-0.2, 0) is 14.6 Å². The first-order valence-electron chi connectivity index (χ1n) is 8.98. The molecule has 0 spiro atoms. The number of nitrogens with zero attached hydrogens (tertiary/aromatic N) is 2. The molecule has 0 bridgehead atoms. The van der Waals surface area contributed by atoms with Crippen LogP contribution in [0.25, 0.3) is 0 Å². The summed E-state index contributed by atoms with van der Waals surface area (Å²) < 4.78 is 29.9. The molecule has 0 aliphatic carbocycles. The molecule has 28 heavy (non-hydrogen) atoms. The summed E-state index contributed by atoms with van der Waals surface area (Å²) in [6.07, 6.45) is -0.739. The van der Waals surface area contributed by atoms with Gasteiger partial charge in [-0.15, -0.1) is 0 Å². The molecule has 4 rings (SSSR count). The van der Waals surface area contributed by atoms with Gasteiger partial charge >= 0.3 is 0 Å². The molecule has 2 aliphatic heterocycles. The Labute approximate surface area is 168 Å². The van der Waals surface area contributed by atoms with Crippen molar-refractivity contribution in [3.8, 4) is 5.75 Å². The second kappa shape index (κ2) is 7.60. The molecule has 8 heteroatoms. The number of para-hydroxylation sites is 2. The second-order valence-electron chi connectivity index (χ2n) is 6.81. The zero-order chi connectivity index (χ0) is 19.7. The average Bonchev–Trinajstić information content (AvgIpc) is 3.13. The van der Waals surface area contributed by atoms with Crippen molar-refractivity contribution in [3.05, 3.63) is 60.7 Å². The average molecular weight is 417 g/mol. The Bertz CT molecular complexity index is 993. The van der Waals surface area contributed by atoms with Crippen molar-refractivity contribution in [2.24, 2.45) is 4.99 Å². The molecule has 2 aliphatic rings. The summed E-state index contributed by atoms with van der Waals surface area (Å²) in [4.78, 5) is 18.8. The van der Waals surface area contributed by atoms with E-state index in [0.29, 0.717) is 10.9 Å². The number of hydrogen-bond donors (Lipinski definition) is 0. The first-order valence-corrected chi connectivity index (χ1v) is 11.7. The van der Waals surface area contributed by atoms with Crippen LogP contribution < -0.4 is 9.64 Å². The van der Waals surface area contributed by atoms with E-state index in [4.69, 9.17) is 4.74 Å². The summed E-state index contributed by atoms with van der Waals surface area (Å²) in [6, 6.07) is 18.4. The monoisotopic (exact) mass is 416 g/mol. The quantitative estimate of drug-likeness (QED) is 0.763. The highest BCUT2D eigenvalue weighted by molar-refractivity contribution is 8.16. The van der Waals surface area contributed by atoms with Crippen LogP contribution in [0.3, 0.4) is 0 Å². The van der Waals surface area contributed by atoms with Crippen molar-refractivity contribution in [1.82, 2.24) is 0 Å². The molecule has 2 aromatic carbocycles. The van der Waals surface area contributed by atoms with Crippen molar-refractivity contribution in [2.75, 3.05) is 16.4 Å². The number of fused-ring (bicyclic) bond motifs is 1. The third-order valence-corrected chi connectivity index (χ3v) is 7.92. The second-order valence-corrected chi connectivity index (χ2v) is 10.2. The largest absolute Gasteiger partial charge is 0.481 e. The van der Waals surface area contributed by atoms with Gasteiger partial charge in [-0.05, 0) is 31.2 Å². The first kappa shape index (κ1) is 19.0. The first-order chi connectivity index (χ1) is 13.4. The van der Waals surface area contributed by atoms with Gasteiger partial charge in [0.1, 0.15) is 5.75 Å². The Kier molecular flexibility index (Phi) is 5.16. The minimum Gasteiger partial charge on any atom is -0.481 e. The lowest BCUT2D eigenvalue weighted by Crippen LogP contribution is -2.38. The minimum absolute atomic E-state index is 0.0723. The lowest BCUT2D eigenvalue weighted by Gasteiger charge is -2.24. The number of rotatable bonds is 4. The highest BCUT2D eigenvalue weighted by Crippen LogP contribution is 2.40. The molecular weight excluding hydrogens is 396 g/mol. The number of hydrogen-bond acceptors (Lipinski definition) is 5. The SMILES string of the molecule is C[C@@H](Oc1ccccc1)C(=O)N=C1S[C@@H]2CS(=O)(=O)C[C@@H]2N1c1ccccc1. The van der Waals surface area contributed by atoms with Gasteiger partial charge in [0.15, 0.2) is 21.1 Å². The van der Waals surface area contributed by atoms with Gasteiger partial charge in [0.05, 0.1) is 17.5 Å². The van der Waals surface area contributed by atoms with Gasteiger partial charge in [-0.25, -0.2) is 8.42 Å². The maximum Gasteiger partial charge on any atom is 0.288 e. The molecule has 0 saturated carbocycles. The maximum atomic E-state index is 12.7. The molecule has 6 nitrogen and oxygen atoms in total. The number of thioether (sulfide) groups is 1. The minimum atomic E-state index is -3.08. The van der Waals surface area contributed by atoms with Crippen LogP contribution in [0.4, 0.5) is 5.69 Å². The van der Waals surface area contributed by atoms with E-state index in [-0.39, 0.29) is 22.8 Å². The molecule has 1 amide bonds. The van der Waals surface area contributed by atoms with Gasteiger partial charge in [0.25, 0.3) is 5.91 Å². The van der Waals surface area contributed by atoms with Crippen LogP contribution in [0.5, 0.6) is 5.75 Å². The molecule has 0 radical (unpaired) electrons. The number of aliphatic imine (C=N–C) groups is 1. The van der Waals surface area contributed by atoms with E-state index >= 15 is 0 Å². The van der Waals surface area contributed by atoms with Gasteiger partial charge in [-0.2, -0.15) is 4.99 Å². The van der Waals surface area contributed by atoms with Crippen molar-refractivity contribution in [2.45, 2.75) is 24.3 Å². The Balaban J connectivity index is 1.59. The topological polar surface area (TPSA) is 76.0 Å². The maximum absolute atomic E-state index is 12.7. The zero-order valence-electron chi connectivity index (χ0n) is 15.3. The van der Waals surface area contributed by atoms with E-state index < -0.39 is 21.8 Å². The van der Waals surface area contributed by atoms with Gasteiger partial charge in [0, 0.05) is 10.9 Å². The predicted molar refractivity (Wildman–Crippen MR) is 112 cm³/mol. The lowest BCUT2D eigenvalue weighted by molar-refractivity contribution is -0.123. The molecule has 2 saturated heterocycles. The summed E-state index contributed by atoms with van der Waals surface area (Å²) in [6.45, 7) is 1.66. The molecule has 3 atom stereocenters. The van der Waals surface area contributed by atoms with E-state index in [1.54, 1.807) is 19.1 Å². The van der Waals surface area contributed by atoms with E-state index in [9.17, 15) is 13.2 Å². The van der Waals surface area contributed by atoms with Crippen LogP contribution in [0.2, 0.25) is 0 Å². The number of carbonyl (C=O) groups is 1.